The van der Waals surface area contributed by atoms with E-state index in [1.165, 1.54) is 40.7 Å². The normalized spacial score (nSPS) is 17.7. The number of ether oxygens (including phenoxy) is 1. The van der Waals surface area contributed by atoms with Crippen molar-refractivity contribution < 1.29 is 28.6 Å². The number of likely N-dealkylation sites (tertiary alicyclic amines) is 1. The lowest BCUT2D eigenvalue weighted by Gasteiger charge is -2.17. The number of nitrogens with zero attached hydrogens (tertiary/aromatic N) is 4. The molecule has 2 aromatic heterocycles. The van der Waals surface area contributed by atoms with E-state index in [0.717, 1.165) is 18.4 Å². The number of hydrogen-bond donors (Lipinski definition) is 2. The molecule has 34 heavy (non-hydrogen) atoms. The van der Waals surface area contributed by atoms with Gasteiger partial charge >= 0.3 is 18.0 Å². The molecule has 2 amide bonds. The Kier molecular flexibility index (Phi) is 5.39. The van der Waals surface area contributed by atoms with Gasteiger partial charge in [-0.15, -0.1) is 0 Å². The predicted molar refractivity (Wildman–Crippen MR) is 118 cm³/mol. The maximum absolute atomic E-state index is 15.0. The van der Waals surface area contributed by atoms with E-state index < -0.39 is 23.8 Å². The zero-order valence-corrected chi connectivity index (χ0v) is 18.3. The van der Waals surface area contributed by atoms with Crippen LogP contribution in [0.4, 0.5) is 14.9 Å². The van der Waals surface area contributed by atoms with Crippen molar-refractivity contribution in [2.75, 3.05) is 18.4 Å². The average Bonchev–Trinajstić information content (AvgIpc) is 3.36. The van der Waals surface area contributed by atoms with Crippen LogP contribution in [-0.2, 0) is 9.53 Å². The summed E-state index contributed by atoms with van der Waals surface area (Å²) in [4.78, 5) is 41.1. The number of aromatic nitrogens is 3. The number of carbonyl (C=O) groups excluding carboxylic acids is 2. The first kappa shape index (κ1) is 21.8. The Morgan fingerprint density at radius 1 is 1.21 bits per heavy atom. The first-order valence-electron chi connectivity index (χ1n) is 10.9. The number of esters is 1. The van der Waals surface area contributed by atoms with E-state index in [4.69, 9.17) is 4.74 Å². The van der Waals surface area contributed by atoms with Crippen molar-refractivity contribution >= 4 is 29.3 Å². The van der Waals surface area contributed by atoms with Gasteiger partial charge in [-0.3, -0.25) is 4.79 Å². The van der Waals surface area contributed by atoms with Gasteiger partial charge in [0, 0.05) is 36.7 Å². The van der Waals surface area contributed by atoms with Crippen LogP contribution in [0.5, 0.6) is 0 Å². The lowest BCUT2D eigenvalue weighted by molar-refractivity contribution is -0.145. The number of nitrogens with one attached hydrogen (secondary N) is 1. The number of hydrogen-bond acceptors (Lipinski definition) is 6. The molecule has 1 saturated carbocycles. The van der Waals surface area contributed by atoms with E-state index >= 15 is 0 Å². The Bertz CT molecular complexity index is 1320. The van der Waals surface area contributed by atoms with Crippen LogP contribution in [-0.4, -0.2) is 61.8 Å². The Labute approximate surface area is 193 Å². The van der Waals surface area contributed by atoms with Gasteiger partial charge in [-0.05, 0) is 43.0 Å². The minimum atomic E-state index is -1.14. The van der Waals surface area contributed by atoms with Crippen LogP contribution in [0.2, 0.25) is 0 Å². The molecular formula is C23H22FN5O5. The van der Waals surface area contributed by atoms with Crippen molar-refractivity contribution in [2.24, 2.45) is 0 Å². The van der Waals surface area contributed by atoms with Crippen molar-refractivity contribution in [1.29, 1.82) is 0 Å². The van der Waals surface area contributed by atoms with Crippen LogP contribution >= 0.6 is 0 Å². The van der Waals surface area contributed by atoms with Gasteiger partial charge in [0.1, 0.15) is 11.9 Å². The highest BCUT2D eigenvalue weighted by atomic mass is 19.1. The monoisotopic (exact) mass is 467 g/mol. The zero-order chi connectivity index (χ0) is 24.0. The quantitative estimate of drug-likeness (QED) is 0.552. The van der Waals surface area contributed by atoms with Crippen molar-refractivity contribution in [2.45, 2.75) is 38.2 Å². The number of imidazole rings is 1. The maximum Gasteiger partial charge on any atom is 0.356 e. The molecule has 0 bridgehead atoms. The zero-order valence-electron chi connectivity index (χ0n) is 18.3. The number of benzene rings is 1. The summed E-state index contributed by atoms with van der Waals surface area (Å²) in [5.41, 5.74) is 2.01. The van der Waals surface area contributed by atoms with Crippen molar-refractivity contribution in [3.63, 3.8) is 0 Å². The number of fused-ring (bicyclic) bond motifs is 1. The highest BCUT2D eigenvalue weighted by Crippen LogP contribution is 2.42. The van der Waals surface area contributed by atoms with E-state index in [2.05, 4.69) is 15.4 Å². The highest BCUT2D eigenvalue weighted by Gasteiger charge is 2.30. The van der Waals surface area contributed by atoms with E-state index in [9.17, 15) is 23.9 Å². The van der Waals surface area contributed by atoms with Crippen LogP contribution in [0.15, 0.2) is 30.5 Å². The Balaban J connectivity index is 1.36. The molecule has 1 aliphatic heterocycles. The molecule has 2 N–H and O–H groups in total. The maximum atomic E-state index is 15.0. The van der Waals surface area contributed by atoms with Crippen LogP contribution in [0.3, 0.4) is 0 Å². The average molecular weight is 467 g/mol. The van der Waals surface area contributed by atoms with Crippen LogP contribution in [0, 0.1) is 5.82 Å². The number of carboxylic acid groups (broad SMARTS) is 1. The molecule has 1 saturated heterocycles. The molecule has 176 valence electrons. The van der Waals surface area contributed by atoms with E-state index in [0.29, 0.717) is 24.3 Å². The van der Waals surface area contributed by atoms with Gasteiger partial charge < -0.3 is 20.1 Å². The molecule has 2 fully saturated rings. The standard InChI is InChI=1S/C23H22FN5O5/c1-12(30)34-15-6-7-28(10-15)23(33)25-14-4-5-16(18(24)8-14)20-11-29-21(26-20)17(13-2-3-13)9-19(27-29)22(31)32/h4-5,8-9,11,13,15H,2-3,6-7,10H2,1H3,(H,25,33)(H,31,32). The van der Waals surface area contributed by atoms with E-state index in [1.807, 2.05) is 0 Å². The summed E-state index contributed by atoms with van der Waals surface area (Å²) in [6, 6.07) is 5.40. The fourth-order valence-electron chi connectivity index (χ4n) is 4.18. The second-order valence-electron chi connectivity index (χ2n) is 8.55. The predicted octanol–water partition coefficient (Wildman–Crippen LogP) is 3.28. The van der Waals surface area contributed by atoms with Crippen LogP contribution in [0.1, 0.15) is 48.2 Å². The third kappa shape index (κ3) is 4.28. The minimum Gasteiger partial charge on any atom is -0.476 e. The van der Waals surface area contributed by atoms with Gasteiger partial charge in [-0.2, -0.15) is 5.10 Å². The first-order chi connectivity index (χ1) is 16.3. The molecule has 1 atom stereocenters. The summed E-state index contributed by atoms with van der Waals surface area (Å²) in [6.07, 6.45) is 3.61. The molecule has 3 aromatic rings. The number of aromatic carboxylic acids is 1. The van der Waals surface area contributed by atoms with Gasteiger partial charge in [0.2, 0.25) is 0 Å². The number of carbonyl (C=O) groups is 3. The second-order valence-corrected chi connectivity index (χ2v) is 8.55. The summed E-state index contributed by atoms with van der Waals surface area (Å²) in [7, 11) is 0. The van der Waals surface area contributed by atoms with Crippen molar-refractivity contribution in [3.8, 4) is 11.3 Å². The number of amides is 2. The lowest BCUT2D eigenvalue weighted by atomic mass is 10.1. The van der Waals surface area contributed by atoms with Gasteiger partial charge in [-0.1, -0.05) is 0 Å². The van der Waals surface area contributed by atoms with Crippen molar-refractivity contribution in [3.05, 3.63) is 47.5 Å². The lowest BCUT2D eigenvalue weighted by Crippen LogP contribution is -2.34. The largest absolute Gasteiger partial charge is 0.476 e. The molecule has 1 aromatic carbocycles. The molecule has 11 heteroatoms. The number of anilines is 1. The van der Waals surface area contributed by atoms with E-state index in [1.54, 1.807) is 6.07 Å². The second kappa shape index (κ2) is 8.40. The SMILES string of the molecule is CC(=O)OC1CCN(C(=O)Nc2ccc(-c3cn4nc(C(=O)O)cc(C5CC5)c4n3)c(F)c2)C1. The van der Waals surface area contributed by atoms with Crippen LogP contribution < -0.4 is 5.32 Å². The van der Waals surface area contributed by atoms with Crippen LogP contribution in [0.25, 0.3) is 16.9 Å². The first-order valence-corrected chi connectivity index (χ1v) is 10.9. The molecule has 0 spiro atoms. The van der Waals surface area contributed by atoms with E-state index in [-0.39, 0.29) is 35.5 Å². The number of halogens is 1. The Hall–Kier alpha value is -4.02. The molecule has 0 radical (unpaired) electrons. The summed E-state index contributed by atoms with van der Waals surface area (Å²) in [5.74, 6) is -1.89. The molecule has 1 unspecified atom stereocenters. The molecule has 5 rings (SSSR count). The van der Waals surface area contributed by atoms with Gasteiger partial charge in [0.25, 0.3) is 0 Å². The molecule has 1 aliphatic carbocycles. The summed E-state index contributed by atoms with van der Waals surface area (Å²) < 4.78 is 21.5. The van der Waals surface area contributed by atoms with Gasteiger partial charge in [-0.25, -0.2) is 23.5 Å². The Morgan fingerprint density at radius 2 is 2.00 bits per heavy atom. The summed E-state index contributed by atoms with van der Waals surface area (Å²) >= 11 is 0. The van der Waals surface area contributed by atoms with Gasteiger partial charge in [0.15, 0.2) is 11.3 Å². The molecule has 10 nitrogen and oxygen atoms in total. The molecule has 3 heterocycles. The summed E-state index contributed by atoms with van der Waals surface area (Å²) in [6.45, 7) is 2.03. The smallest absolute Gasteiger partial charge is 0.356 e. The fourth-order valence-corrected chi connectivity index (χ4v) is 4.18. The molecule has 2 aliphatic rings. The number of urea groups is 1. The number of carboxylic acids is 1. The fraction of sp³-hybridized carbons (Fsp3) is 0.348. The number of rotatable bonds is 5. The van der Waals surface area contributed by atoms with Gasteiger partial charge in [0.05, 0.1) is 18.4 Å². The third-order valence-corrected chi connectivity index (χ3v) is 5.95. The summed E-state index contributed by atoms with van der Waals surface area (Å²) in [5, 5.41) is 16.1. The molecular weight excluding hydrogens is 445 g/mol. The minimum absolute atomic E-state index is 0.0882. The Morgan fingerprint density at radius 3 is 2.68 bits per heavy atom. The highest BCUT2D eigenvalue weighted by molar-refractivity contribution is 5.90. The van der Waals surface area contributed by atoms with Crippen molar-refractivity contribution in [1.82, 2.24) is 19.5 Å². The third-order valence-electron chi connectivity index (χ3n) is 5.95. The topological polar surface area (TPSA) is 126 Å².